The summed E-state index contributed by atoms with van der Waals surface area (Å²) in [6, 6.07) is 17.1. The van der Waals surface area contributed by atoms with Gasteiger partial charge in [-0.3, -0.25) is 9.59 Å². The van der Waals surface area contributed by atoms with E-state index in [0.717, 1.165) is 10.8 Å². The van der Waals surface area contributed by atoms with Gasteiger partial charge in [0.2, 0.25) is 5.91 Å². The summed E-state index contributed by atoms with van der Waals surface area (Å²) in [6.07, 6.45) is 0.707. The van der Waals surface area contributed by atoms with Gasteiger partial charge < -0.3 is 25.4 Å². The summed E-state index contributed by atoms with van der Waals surface area (Å²) in [7, 11) is 0. The molecular formula is C29H33N3O5S. The van der Waals surface area contributed by atoms with Crippen molar-refractivity contribution in [3.63, 3.8) is 0 Å². The molecule has 0 spiro atoms. The van der Waals surface area contributed by atoms with E-state index in [1.54, 1.807) is 39.0 Å². The Morgan fingerprint density at radius 1 is 1.05 bits per heavy atom. The molecule has 0 saturated heterocycles. The van der Waals surface area contributed by atoms with E-state index in [2.05, 4.69) is 29.8 Å². The molecule has 3 aromatic rings. The first-order valence-electron chi connectivity index (χ1n) is 12.1. The van der Waals surface area contributed by atoms with Gasteiger partial charge in [0.1, 0.15) is 23.4 Å². The maximum absolute atomic E-state index is 13.7. The highest BCUT2D eigenvalue weighted by Gasteiger charge is 2.35. The minimum atomic E-state index is -1.15. The Morgan fingerprint density at radius 2 is 1.76 bits per heavy atom. The van der Waals surface area contributed by atoms with E-state index in [1.165, 1.54) is 23.1 Å². The Bertz CT molecular complexity index is 1320. The summed E-state index contributed by atoms with van der Waals surface area (Å²) < 4.78 is 5.30. The molecule has 3 aromatic carbocycles. The molecule has 0 aliphatic carbocycles. The fourth-order valence-corrected chi connectivity index (χ4v) is 4.19. The SMILES string of the molecule is C=CCN(C(=O)C(CS)NC(=O)OC(C)(C)C)C(C(=O)Nc1ccc2ccccc2c1)c1cccc(O)c1. The average Bonchev–Trinajstić information content (AvgIpc) is 2.85. The molecule has 38 heavy (non-hydrogen) atoms. The van der Waals surface area contributed by atoms with Gasteiger partial charge in [0.05, 0.1) is 0 Å². The predicted molar refractivity (Wildman–Crippen MR) is 152 cm³/mol. The number of carbonyl (C=O) groups is 3. The lowest BCUT2D eigenvalue weighted by molar-refractivity contribution is -0.139. The molecule has 2 unspecified atom stereocenters. The van der Waals surface area contributed by atoms with Crippen molar-refractivity contribution < 1.29 is 24.2 Å². The highest BCUT2D eigenvalue weighted by Crippen LogP contribution is 2.28. The van der Waals surface area contributed by atoms with Gasteiger partial charge in [0.15, 0.2) is 0 Å². The van der Waals surface area contributed by atoms with E-state index in [1.807, 2.05) is 36.4 Å². The molecule has 3 N–H and O–H groups in total. The zero-order chi connectivity index (χ0) is 27.9. The average molecular weight is 536 g/mol. The van der Waals surface area contributed by atoms with Crippen LogP contribution in [0, 0.1) is 0 Å². The van der Waals surface area contributed by atoms with Crippen molar-refractivity contribution in [2.45, 2.75) is 38.5 Å². The van der Waals surface area contributed by atoms with Crippen molar-refractivity contribution in [2.24, 2.45) is 0 Å². The van der Waals surface area contributed by atoms with Crippen LogP contribution < -0.4 is 10.6 Å². The van der Waals surface area contributed by atoms with Crippen LogP contribution in [-0.2, 0) is 14.3 Å². The van der Waals surface area contributed by atoms with E-state index in [9.17, 15) is 19.5 Å². The Hall–Kier alpha value is -3.98. The third-order valence-electron chi connectivity index (χ3n) is 5.54. The van der Waals surface area contributed by atoms with Crippen LogP contribution in [0.2, 0.25) is 0 Å². The van der Waals surface area contributed by atoms with Crippen LogP contribution in [0.15, 0.2) is 79.4 Å². The standard InChI is InChI=1S/C29H33N3O5S/c1-5-15-32(27(35)24(18-38)31-28(36)37-29(2,3)4)25(21-11-8-12-23(33)17-21)26(34)30-22-14-13-19-9-6-7-10-20(19)16-22/h5-14,16-17,24-25,33,38H,1,15,18H2,2-4H3,(H,30,34)(H,31,36). The zero-order valence-corrected chi connectivity index (χ0v) is 22.6. The fraction of sp³-hybridized carbons (Fsp3) is 0.276. The number of nitrogens with zero attached hydrogens (tertiary/aromatic N) is 1. The number of aromatic hydroxyl groups is 1. The fourth-order valence-electron chi connectivity index (χ4n) is 3.94. The monoisotopic (exact) mass is 535 g/mol. The van der Waals surface area contributed by atoms with Crippen molar-refractivity contribution in [2.75, 3.05) is 17.6 Å². The van der Waals surface area contributed by atoms with Gasteiger partial charge in [-0.25, -0.2) is 4.79 Å². The second-order valence-corrected chi connectivity index (χ2v) is 10.1. The zero-order valence-electron chi connectivity index (χ0n) is 21.7. The molecule has 3 amide bonds. The maximum atomic E-state index is 13.7. The van der Waals surface area contributed by atoms with Gasteiger partial charge in [-0.15, -0.1) is 6.58 Å². The lowest BCUT2D eigenvalue weighted by Gasteiger charge is -2.33. The Kier molecular flexibility index (Phi) is 9.41. The van der Waals surface area contributed by atoms with Gasteiger partial charge in [0, 0.05) is 18.0 Å². The number of alkyl carbamates (subject to hydrolysis) is 1. The van der Waals surface area contributed by atoms with Gasteiger partial charge in [-0.2, -0.15) is 12.6 Å². The van der Waals surface area contributed by atoms with Crippen LogP contribution >= 0.6 is 12.6 Å². The summed E-state index contributed by atoms with van der Waals surface area (Å²) in [5.41, 5.74) is 0.162. The highest BCUT2D eigenvalue weighted by molar-refractivity contribution is 7.80. The molecule has 0 radical (unpaired) electrons. The first-order chi connectivity index (χ1) is 18.0. The van der Waals surface area contributed by atoms with Crippen molar-refractivity contribution in [3.05, 3.63) is 84.9 Å². The molecular weight excluding hydrogens is 502 g/mol. The number of hydrogen-bond acceptors (Lipinski definition) is 6. The van der Waals surface area contributed by atoms with Crippen LogP contribution in [0.4, 0.5) is 10.5 Å². The number of phenolic OH excluding ortho intramolecular Hbond substituents is 1. The van der Waals surface area contributed by atoms with E-state index in [0.29, 0.717) is 11.3 Å². The van der Waals surface area contributed by atoms with Crippen LogP contribution in [0.5, 0.6) is 5.75 Å². The van der Waals surface area contributed by atoms with Crippen LogP contribution in [0.1, 0.15) is 32.4 Å². The number of fused-ring (bicyclic) bond motifs is 1. The number of ether oxygens (including phenoxy) is 1. The third-order valence-corrected chi connectivity index (χ3v) is 5.91. The largest absolute Gasteiger partial charge is 0.508 e. The van der Waals surface area contributed by atoms with Gasteiger partial charge in [-0.1, -0.05) is 48.5 Å². The van der Waals surface area contributed by atoms with Crippen LogP contribution in [0.3, 0.4) is 0 Å². The minimum absolute atomic E-state index is 0.00935. The van der Waals surface area contributed by atoms with Crippen molar-refractivity contribution in [1.29, 1.82) is 0 Å². The molecule has 0 saturated carbocycles. The Balaban J connectivity index is 1.96. The van der Waals surface area contributed by atoms with E-state index in [-0.39, 0.29) is 18.0 Å². The summed E-state index contributed by atoms with van der Waals surface area (Å²) in [5.74, 6) is -1.16. The normalized spacial score (nSPS) is 12.7. The molecule has 0 bridgehead atoms. The van der Waals surface area contributed by atoms with Crippen molar-refractivity contribution >= 4 is 47.0 Å². The quantitative estimate of drug-likeness (QED) is 0.226. The number of anilines is 1. The number of benzene rings is 3. The summed E-state index contributed by atoms with van der Waals surface area (Å²) >= 11 is 4.26. The van der Waals surface area contributed by atoms with Crippen LogP contribution in [0.25, 0.3) is 10.8 Å². The first-order valence-corrected chi connectivity index (χ1v) is 12.8. The summed E-state index contributed by atoms with van der Waals surface area (Å²) in [6.45, 7) is 8.87. The molecule has 8 nitrogen and oxygen atoms in total. The minimum Gasteiger partial charge on any atom is -0.508 e. The van der Waals surface area contributed by atoms with E-state index in [4.69, 9.17) is 4.74 Å². The Labute approximate surface area is 228 Å². The van der Waals surface area contributed by atoms with Crippen molar-refractivity contribution in [1.82, 2.24) is 10.2 Å². The number of carbonyl (C=O) groups excluding carboxylic acids is 3. The molecule has 0 fully saturated rings. The molecule has 0 aliphatic heterocycles. The number of nitrogens with one attached hydrogen (secondary N) is 2. The van der Waals surface area contributed by atoms with Gasteiger partial charge in [0.25, 0.3) is 5.91 Å². The molecule has 3 rings (SSSR count). The smallest absolute Gasteiger partial charge is 0.408 e. The maximum Gasteiger partial charge on any atom is 0.408 e. The third kappa shape index (κ3) is 7.52. The van der Waals surface area contributed by atoms with Crippen LogP contribution in [-0.4, -0.2) is 51.9 Å². The number of hydrogen-bond donors (Lipinski definition) is 4. The van der Waals surface area contributed by atoms with Gasteiger partial charge >= 0.3 is 6.09 Å². The second-order valence-electron chi connectivity index (χ2n) is 9.71. The predicted octanol–water partition coefficient (Wildman–Crippen LogP) is 5.06. The molecule has 0 heterocycles. The lowest BCUT2D eigenvalue weighted by Crippen LogP contribution is -2.53. The van der Waals surface area contributed by atoms with E-state index >= 15 is 0 Å². The first kappa shape index (κ1) is 28.6. The molecule has 200 valence electrons. The highest BCUT2D eigenvalue weighted by atomic mass is 32.1. The number of amides is 3. The van der Waals surface area contributed by atoms with Crippen molar-refractivity contribution in [3.8, 4) is 5.75 Å². The number of thiol groups is 1. The van der Waals surface area contributed by atoms with Gasteiger partial charge in [-0.05, 0) is 61.4 Å². The topological polar surface area (TPSA) is 108 Å². The lowest BCUT2D eigenvalue weighted by atomic mass is 10.0. The summed E-state index contributed by atoms with van der Waals surface area (Å²) in [5, 5.41) is 17.5. The second kappa shape index (κ2) is 12.5. The molecule has 0 aliphatic rings. The number of rotatable bonds is 9. The summed E-state index contributed by atoms with van der Waals surface area (Å²) in [4.78, 5) is 41.2. The Morgan fingerprint density at radius 3 is 2.39 bits per heavy atom. The molecule has 0 aromatic heterocycles. The number of phenols is 1. The van der Waals surface area contributed by atoms with E-state index < -0.39 is 35.6 Å². The molecule has 2 atom stereocenters. The molecule has 9 heteroatoms.